The number of fused-ring (bicyclic) bond motifs is 1. The molecule has 1 N–H and O–H groups in total. The first kappa shape index (κ1) is 21.5. The lowest BCUT2D eigenvalue weighted by atomic mass is 10.2. The van der Waals surface area contributed by atoms with Crippen LogP contribution in [0.3, 0.4) is 0 Å². The van der Waals surface area contributed by atoms with Gasteiger partial charge in [0, 0.05) is 12.6 Å². The summed E-state index contributed by atoms with van der Waals surface area (Å²) in [5, 5.41) is 3.94. The minimum Gasteiger partial charge on any atom is -0.493 e. The maximum Gasteiger partial charge on any atom is 0.261 e. The van der Waals surface area contributed by atoms with Crippen LogP contribution in [-0.2, 0) is 6.54 Å². The van der Waals surface area contributed by atoms with Crippen LogP contribution in [0.25, 0.3) is 10.9 Å². The molecule has 7 heteroatoms. The third-order valence-corrected chi connectivity index (χ3v) is 5.24. The maximum absolute atomic E-state index is 13.0. The van der Waals surface area contributed by atoms with Crippen molar-refractivity contribution in [2.45, 2.75) is 33.7 Å². The van der Waals surface area contributed by atoms with E-state index in [1.165, 1.54) is 0 Å². The van der Waals surface area contributed by atoms with Crippen LogP contribution in [0.2, 0.25) is 0 Å². The molecule has 2 heterocycles. The number of benzene rings is 2. The molecule has 2 aromatic carbocycles. The van der Waals surface area contributed by atoms with Gasteiger partial charge >= 0.3 is 0 Å². The molecule has 0 aliphatic rings. The topological polar surface area (TPSA) is 81.9 Å². The summed E-state index contributed by atoms with van der Waals surface area (Å²) in [4.78, 5) is 26.5. The van der Waals surface area contributed by atoms with Gasteiger partial charge in [-0.25, -0.2) is 15.0 Å². The van der Waals surface area contributed by atoms with Crippen LogP contribution in [0.15, 0.2) is 59.4 Å². The van der Waals surface area contributed by atoms with Gasteiger partial charge < -0.3 is 10.1 Å². The Balaban J connectivity index is 1.41. The number of ether oxygens (including phenoxy) is 1. The molecule has 0 radical (unpaired) electrons. The highest BCUT2D eigenvalue weighted by molar-refractivity contribution is 5.77. The number of nitrogens with one attached hydrogen (secondary N) is 1. The minimum atomic E-state index is -0.0628. The molecule has 4 rings (SSSR count). The molecule has 7 nitrogen and oxygen atoms in total. The van der Waals surface area contributed by atoms with E-state index < -0.39 is 0 Å². The first-order valence-electron chi connectivity index (χ1n) is 10.7. The van der Waals surface area contributed by atoms with Gasteiger partial charge in [0.25, 0.3) is 5.56 Å². The average Bonchev–Trinajstić information content (AvgIpc) is 2.77. The second kappa shape index (κ2) is 9.60. The number of para-hydroxylation sites is 2. The van der Waals surface area contributed by atoms with E-state index in [0.29, 0.717) is 35.7 Å². The zero-order chi connectivity index (χ0) is 22.5. The second-order valence-corrected chi connectivity index (χ2v) is 7.75. The standard InChI is InChI=1S/C25H27N5O2/c1-17-9-4-7-12-23(17)32-14-8-13-26-24-15-20(27-18(2)28-24)16-30-19(3)29-22-11-6-5-10-21(22)25(30)31/h4-7,9-12,15H,8,13-14,16H2,1-3H3,(H,26,27,28). The largest absolute Gasteiger partial charge is 0.493 e. The van der Waals surface area contributed by atoms with E-state index in [4.69, 9.17) is 4.74 Å². The van der Waals surface area contributed by atoms with E-state index in [2.05, 4.69) is 20.3 Å². The molecule has 164 valence electrons. The fourth-order valence-corrected chi connectivity index (χ4v) is 3.62. The van der Waals surface area contributed by atoms with E-state index in [1.54, 1.807) is 10.6 Å². The van der Waals surface area contributed by atoms with Crippen molar-refractivity contribution in [1.29, 1.82) is 0 Å². The van der Waals surface area contributed by atoms with Gasteiger partial charge in [-0.1, -0.05) is 30.3 Å². The zero-order valence-electron chi connectivity index (χ0n) is 18.6. The molecular formula is C25H27N5O2. The predicted octanol–water partition coefficient (Wildman–Crippen LogP) is 4.04. The van der Waals surface area contributed by atoms with Crippen molar-refractivity contribution >= 4 is 16.7 Å². The molecule has 0 aliphatic heterocycles. The molecule has 0 saturated carbocycles. The Morgan fingerprint density at radius 3 is 2.59 bits per heavy atom. The highest BCUT2D eigenvalue weighted by Gasteiger charge is 2.10. The zero-order valence-corrected chi connectivity index (χ0v) is 18.6. The minimum absolute atomic E-state index is 0.0628. The van der Waals surface area contributed by atoms with Crippen LogP contribution < -0.4 is 15.6 Å². The maximum atomic E-state index is 13.0. The van der Waals surface area contributed by atoms with Crippen LogP contribution in [0.5, 0.6) is 5.75 Å². The van der Waals surface area contributed by atoms with E-state index in [9.17, 15) is 4.79 Å². The van der Waals surface area contributed by atoms with Crippen LogP contribution in [-0.4, -0.2) is 32.7 Å². The summed E-state index contributed by atoms with van der Waals surface area (Å²) in [6, 6.07) is 17.3. The summed E-state index contributed by atoms with van der Waals surface area (Å²) in [5.74, 6) is 2.97. The Morgan fingerprint density at radius 1 is 0.969 bits per heavy atom. The van der Waals surface area contributed by atoms with Crippen molar-refractivity contribution in [3.63, 3.8) is 0 Å². The molecule has 4 aromatic rings. The van der Waals surface area contributed by atoms with Gasteiger partial charge in [0.05, 0.1) is 29.7 Å². The second-order valence-electron chi connectivity index (χ2n) is 7.75. The monoisotopic (exact) mass is 429 g/mol. The summed E-state index contributed by atoms with van der Waals surface area (Å²) >= 11 is 0. The lowest BCUT2D eigenvalue weighted by molar-refractivity contribution is 0.313. The molecule has 32 heavy (non-hydrogen) atoms. The van der Waals surface area contributed by atoms with Crippen molar-refractivity contribution in [2.75, 3.05) is 18.5 Å². The smallest absolute Gasteiger partial charge is 0.261 e. The van der Waals surface area contributed by atoms with Crippen LogP contribution >= 0.6 is 0 Å². The molecule has 0 atom stereocenters. The summed E-state index contributed by atoms with van der Waals surface area (Å²) < 4.78 is 7.50. The molecule has 0 unspecified atom stereocenters. The van der Waals surface area contributed by atoms with Crippen LogP contribution in [0.4, 0.5) is 5.82 Å². The molecule has 0 amide bonds. The summed E-state index contributed by atoms with van der Waals surface area (Å²) in [7, 11) is 0. The Labute approximate surface area is 187 Å². The quantitative estimate of drug-likeness (QED) is 0.426. The van der Waals surface area contributed by atoms with Crippen molar-refractivity contribution in [1.82, 2.24) is 19.5 Å². The fourth-order valence-electron chi connectivity index (χ4n) is 3.62. The van der Waals surface area contributed by atoms with Crippen molar-refractivity contribution in [3.8, 4) is 5.75 Å². The molecule has 0 bridgehead atoms. The van der Waals surface area contributed by atoms with Crippen LogP contribution in [0, 0.1) is 20.8 Å². The van der Waals surface area contributed by atoms with E-state index in [1.807, 2.05) is 69.3 Å². The van der Waals surface area contributed by atoms with Crippen molar-refractivity contribution in [3.05, 3.63) is 87.9 Å². The van der Waals surface area contributed by atoms with E-state index in [0.717, 1.165) is 35.8 Å². The summed E-state index contributed by atoms with van der Waals surface area (Å²) in [6.45, 7) is 7.41. The van der Waals surface area contributed by atoms with E-state index >= 15 is 0 Å². The molecule has 0 saturated heterocycles. The Kier molecular flexibility index (Phi) is 6.44. The Morgan fingerprint density at radius 2 is 1.75 bits per heavy atom. The third kappa shape index (κ3) is 4.94. The van der Waals surface area contributed by atoms with Gasteiger partial charge in [-0.2, -0.15) is 0 Å². The number of rotatable bonds is 8. The highest BCUT2D eigenvalue weighted by atomic mass is 16.5. The number of aromatic nitrogens is 4. The summed E-state index contributed by atoms with van der Waals surface area (Å²) in [6.07, 6.45) is 0.833. The number of aryl methyl sites for hydroxylation is 3. The molecule has 0 spiro atoms. The predicted molar refractivity (Wildman–Crippen MR) is 126 cm³/mol. The number of hydrogen-bond acceptors (Lipinski definition) is 6. The Bertz CT molecular complexity index is 1300. The van der Waals surface area contributed by atoms with Gasteiger partial charge in [0.2, 0.25) is 0 Å². The lowest BCUT2D eigenvalue weighted by Crippen LogP contribution is -2.25. The average molecular weight is 430 g/mol. The van der Waals surface area contributed by atoms with Gasteiger partial charge in [-0.3, -0.25) is 9.36 Å². The van der Waals surface area contributed by atoms with Gasteiger partial charge in [-0.05, 0) is 51.0 Å². The van der Waals surface area contributed by atoms with Crippen LogP contribution in [0.1, 0.15) is 29.3 Å². The Hall–Kier alpha value is -3.74. The number of hydrogen-bond donors (Lipinski definition) is 1. The normalized spacial score (nSPS) is 11.0. The summed E-state index contributed by atoms with van der Waals surface area (Å²) in [5.41, 5.74) is 2.54. The first-order chi connectivity index (χ1) is 15.5. The van der Waals surface area contributed by atoms with Gasteiger partial charge in [0.15, 0.2) is 0 Å². The number of anilines is 1. The SMILES string of the molecule is Cc1nc(Cn2c(C)nc3ccccc3c2=O)cc(NCCCOc2ccccc2C)n1. The third-order valence-electron chi connectivity index (χ3n) is 5.24. The molecule has 0 aliphatic carbocycles. The lowest BCUT2D eigenvalue weighted by Gasteiger charge is -2.13. The molecular weight excluding hydrogens is 402 g/mol. The van der Waals surface area contributed by atoms with Gasteiger partial charge in [-0.15, -0.1) is 0 Å². The van der Waals surface area contributed by atoms with Gasteiger partial charge in [0.1, 0.15) is 23.2 Å². The van der Waals surface area contributed by atoms with Crippen molar-refractivity contribution < 1.29 is 4.74 Å². The fraction of sp³-hybridized carbons (Fsp3) is 0.280. The van der Waals surface area contributed by atoms with E-state index in [-0.39, 0.29) is 5.56 Å². The highest BCUT2D eigenvalue weighted by Crippen LogP contribution is 2.16. The van der Waals surface area contributed by atoms with Crippen molar-refractivity contribution in [2.24, 2.45) is 0 Å². The molecule has 2 aromatic heterocycles. The first-order valence-corrected chi connectivity index (χ1v) is 10.7. The number of nitrogens with zero attached hydrogens (tertiary/aromatic N) is 4. The molecule has 0 fully saturated rings.